The summed E-state index contributed by atoms with van der Waals surface area (Å²) in [6.45, 7) is 3.80. The molecular formula is C17H23N3O3S. The van der Waals surface area contributed by atoms with Crippen LogP contribution in [-0.4, -0.2) is 52.2 Å². The minimum Gasteiger partial charge on any atom is -0.342 e. The van der Waals surface area contributed by atoms with Crippen LogP contribution < -0.4 is 5.32 Å². The second-order valence-corrected chi connectivity index (χ2v) is 6.80. The average Bonchev–Trinajstić information content (AvgIpc) is 3.04. The summed E-state index contributed by atoms with van der Waals surface area (Å²) in [6, 6.07) is 6.99. The van der Waals surface area contributed by atoms with Crippen molar-refractivity contribution in [1.82, 2.24) is 9.80 Å². The summed E-state index contributed by atoms with van der Waals surface area (Å²) in [4.78, 5) is 39.0. The molecule has 130 valence electrons. The van der Waals surface area contributed by atoms with Crippen molar-refractivity contribution in [3.63, 3.8) is 0 Å². The molecule has 1 aromatic rings. The Labute approximate surface area is 146 Å². The molecule has 2 rings (SSSR count). The highest BCUT2D eigenvalue weighted by atomic mass is 32.2. The van der Waals surface area contributed by atoms with Gasteiger partial charge in [0.25, 0.3) is 0 Å². The van der Waals surface area contributed by atoms with Crippen LogP contribution >= 0.6 is 11.8 Å². The van der Waals surface area contributed by atoms with E-state index in [9.17, 15) is 14.4 Å². The van der Waals surface area contributed by atoms with Crippen molar-refractivity contribution < 1.29 is 14.4 Å². The Hall–Kier alpha value is -2.02. The van der Waals surface area contributed by atoms with Crippen LogP contribution in [-0.2, 0) is 20.9 Å². The van der Waals surface area contributed by atoms with E-state index in [0.29, 0.717) is 30.3 Å². The van der Waals surface area contributed by atoms with Crippen LogP contribution in [0.15, 0.2) is 24.3 Å². The van der Waals surface area contributed by atoms with E-state index in [4.69, 9.17) is 0 Å². The van der Waals surface area contributed by atoms with Gasteiger partial charge in [-0.05, 0) is 17.7 Å². The quantitative estimate of drug-likeness (QED) is 0.882. The van der Waals surface area contributed by atoms with E-state index in [-0.39, 0.29) is 17.7 Å². The highest BCUT2D eigenvalue weighted by Gasteiger charge is 2.33. The molecule has 0 aliphatic carbocycles. The largest absolute Gasteiger partial charge is 0.342 e. The third-order valence-electron chi connectivity index (χ3n) is 3.96. The van der Waals surface area contributed by atoms with E-state index in [1.807, 2.05) is 24.3 Å². The van der Waals surface area contributed by atoms with Gasteiger partial charge >= 0.3 is 0 Å². The number of amides is 3. The lowest BCUT2D eigenvalue weighted by molar-refractivity contribution is -0.135. The fraction of sp³-hybridized carbons (Fsp3) is 0.471. The molecule has 1 aliphatic heterocycles. The first-order valence-electron chi connectivity index (χ1n) is 7.91. The summed E-state index contributed by atoms with van der Waals surface area (Å²) >= 11 is 1.59. The van der Waals surface area contributed by atoms with Gasteiger partial charge < -0.3 is 15.1 Å². The van der Waals surface area contributed by atoms with E-state index in [1.54, 1.807) is 35.5 Å². The van der Waals surface area contributed by atoms with Crippen LogP contribution in [0.1, 0.15) is 25.8 Å². The number of nitrogens with zero attached hydrogens (tertiary/aromatic N) is 2. The fourth-order valence-electron chi connectivity index (χ4n) is 2.47. The zero-order chi connectivity index (χ0) is 17.7. The van der Waals surface area contributed by atoms with Gasteiger partial charge in [0, 0.05) is 38.4 Å². The third-order valence-corrected chi connectivity index (χ3v) is 4.97. The molecule has 1 atom stereocenters. The molecule has 1 N–H and O–H groups in total. The SMILES string of the molecule is CCC(=O)N1CSCC1C(=O)Nc1cccc(CN(C)C(C)=O)c1. The molecule has 1 fully saturated rings. The monoisotopic (exact) mass is 349 g/mol. The van der Waals surface area contributed by atoms with E-state index in [2.05, 4.69) is 5.32 Å². The molecule has 1 aromatic carbocycles. The van der Waals surface area contributed by atoms with E-state index in [1.165, 1.54) is 6.92 Å². The first kappa shape index (κ1) is 18.3. The minimum atomic E-state index is -0.425. The van der Waals surface area contributed by atoms with Crippen molar-refractivity contribution in [2.45, 2.75) is 32.9 Å². The molecule has 0 aromatic heterocycles. The van der Waals surface area contributed by atoms with Crippen molar-refractivity contribution in [3.8, 4) is 0 Å². The maximum absolute atomic E-state index is 12.5. The molecule has 0 saturated carbocycles. The highest BCUT2D eigenvalue weighted by Crippen LogP contribution is 2.23. The van der Waals surface area contributed by atoms with Gasteiger partial charge in [-0.2, -0.15) is 0 Å². The Morgan fingerprint density at radius 3 is 2.79 bits per heavy atom. The predicted octanol–water partition coefficient (Wildman–Crippen LogP) is 1.91. The van der Waals surface area contributed by atoms with Crippen LogP contribution in [0.2, 0.25) is 0 Å². The summed E-state index contributed by atoms with van der Waals surface area (Å²) in [7, 11) is 1.73. The number of anilines is 1. The van der Waals surface area contributed by atoms with Gasteiger partial charge in [0.1, 0.15) is 6.04 Å². The molecule has 1 heterocycles. The topological polar surface area (TPSA) is 69.7 Å². The third kappa shape index (κ3) is 4.50. The Balaban J connectivity index is 2.04. The number of rotatable bonds is 5. The fourth-order valence-corrected chi connectivity index (χ4v) is 3.65. The summed E-state index contributed by atoms with van der Waals surface area (Å²) in [6.07, 6.45) is 0.400. The number of thioether (sulfide) groups is 1. The summed E-state index contributed by atoms with van der Waals surface area (Å²) < 4.78 is 0. The second kappa shape index (κ2) is 8.19. The van der Waals surface area contributed by atoms with Crippen LogP contribution in [0.3, 0.4) is 0 Å². The molecule has 3 amide bonds. The number of hydrogen-bond acceptors (Lipinski definition) is 4. The van der Waals surface area contributed by atoms with E-state index in [0.717, 1.165) is 5.56 Å². The van der Waals surface area contributed by atoms with Gasteiger partial charge in [-0.1, -0.05) is 19.1 Å². The number of carbonyl (C=O) groups is 3. The van der Waals surface area contributed by atoms with Crippen LogP contribution in [0.4, 0.5) is 5.69 Å². The number of carbonyl (C=O) groups excluding carboxylic acids is 3. The zero-order valence-electron chi connectivity index (χ0n) is 14.2. The van der Waals surface area contributed by atoms with Gasteiger partial charge in [-0.15, -0.1) is 11.8 Å². The second-order valence-electron chi connectivity index (χ2n) is 5.80. The zero-order valence-corrected chi connectivity index (χ0v) is 15.1. The lowest BCUT2D eigenvalue weighted by Gasteiger charge is -2.22. The highest BCUT2D eigenvalue weighted by molar-refractivity contribution is 7.99. The maximum Gasteiger partial charge on any atom is 0.248 e. The van der Waals surface area contributed by atoms with E-state index < -0.39 is 6.04 Å². The standard InChI is InChI=1S/C17H23N3O3S/c1-4-16(22)20-11-24-10-15(20)17(23)18-14-7-5-6-13(8-14)9-19(3)12(2)21/h5-8,15H,4,9-11H2,1-3H3,(H,18,23). The minimum absolute atomic E-state index is 0.00279. The molecule has 7 heteroatoms. The summed E-state index contributed by atoms with van der Waals surface area (Å²) in [5, 5.41) is 2.89. The number of nitrogens with one attached hydrogen (secondary N) is 1. The van der Waals surface area contributed by atoms with E-state index >= 15 is 0 Å². The Morgan fingerprint density at radius 1 is 1.38 bits per heavy atom. The first-order valence-corrected chi connectivity index (χ1v) is 9.06. The van der Waals surface area contributed by atoms with Crippen molar-refractivity contribution in [2.24, 2.45) is 0 Å². The van der Waals surface area contributed by atoms with Gasteiger partial charge in [0.2, 0.25) is 17.7 Å². The maximum atomic E-state index is 12.5. The van der Waals surface area contributed by atoms with Crippen LogP contribution in [0.5, 0.6) is 0 Å². The van der Waals surface area contributed by atoms with Crippen LogP contribution in [0, 0.1) is 0 Å². The van der Waals surface area contributed by atoms with Crippen molar-refractivity contribution >= 4 is 35.2 Å². The van der Waals surface area contributed by atoms with Gasteiger partial charge in [0.05, 0.1) is 5.88 Å². The lowest BCUT2D eigenvalue weighted by atomic mass is 10.1. The number of hydrogen-bond donors (Lipinski definition) is 1. The smallest absolute Gasteiger partial charge is 0.248 e. The van der Waals surface area contributed by atoms with Gasteiger partial charge in [0.15, 0.2) is 0 Å². The molecular weight excluding hydrogens is 326 g/mol. The Morgan fingerprint density at radius 2 is 2.12 bits per heavy atom. The summed E-state index contributed by atoms with van der Waals surface area (Å²) in [5.41, 5.74) is 1.61. The lowest BCUT2D eigenvalue weighted by Crippen LogP contribution is -2.44. The molecule has 1 aliphatic rings. The molecule has 0 radical (unpaired) electrons. The molecule has 0 bridgehead atoms. The normalized spacial score (nSPS) is 16.8. The van der Waals surface area contributed by atoms with Crippen molar-refractivity contribution in [3.05, 3.63) is 29.8 Å². The molecule has 0 spiro atoms. The van der Waals surface area contributed by atoms with Crippen LogP contribution in [0.25, 0.3) is 0 Å². The van der Waals surface area contributed by atoms with Crippen molar-refractivity contribution in [1.29, 1.82) is 0 Å². The predicted molar refractivity (Wildman–Crippen MR) is 95.5 cm³/mol. The summed E-state index contributed by atoms with van der Waals surface area (Å²) in [5.74, 6) is 0.996. The Kier molecular flexibility index (Phi) is 6.25. The van der Waals surface area contributed by atoms with Crippen molar-refractivity contribution in [2.75, 3.05) is 24.0 Å². The molecule has 24 heavy (non-hydrogen) atoms. The molecule has 1 unspecified atom stereocenters. The molecule has 1 saturated heterocycles. The molecule has 6 nitrogen and oxygen atoms in total. The average molecular weight is 349 g/mol. The van der Waals surface area contributed by atoms with Gasteiger partial charge in [-0.3, -0.25) is 14.4 Å². The number of benzene rings is 1. The van der Waals surface area contributed by atoms with Gasteiger partial charge in [-0.25, -0.2) is 0 Å². The first-order chi connectivity index (χ1) is 11.4. The Bertz CT molecular complexity index is 635.